The number of carbonyl (C=O) groups excluding carboxylic acids is 1. The third-order valence-corrected chi connectivity index (χ3v) is 4.10. The first-order valence-corrected chi connectivity index (χ1v) is 7.64. The van der Waals surface area contributed by atoms with Crippen LogP contribution in [-0.2, 0) is 13.0 Å². The minimum Gasteiger partial charge on any atom is -0.385 e. The number of rotatable bonds is 5. The Morgan fingerprint density at radius 3 is 2.83 bits per heavy atom. The van der Waals surface area contributed by atoms with Gasteiger partial charge in [-0.2, -0.15) is 0 Å². The molecule has 0 unspecified atom stereocenters. The minimum atomic E-state index is -0.393. The second kappa shape index (κ2) is 6.26. The molecule has 3 rings (SSSR count). The number of aromatic nitrogens is 3. The van der Waals surface area contributed by atoms with Gasteiger partial charge in [-0.05, 0) is 19.1 Å². The van der Waals surface area contributed by atoms with Crippen LogP contribution < -0.4 is 5.32 Å². The maximum atomic E-state index is 12.0. The Morgan fingerprint density at radius 1 is 1.33 bits per heavy atom. The van der Waals surface area contributed by atoms with E-state index in [0.29, 0.717) is 37.4 Å². The van der Waals surface area contributed by atoms with E-state index in [1.807, 2.05) is 4.57 Å². The number of hydrogen-bond acceptors (Lipinski definition) is 6. The van der Waals surface area contributed by atoms with E-state index in [1.54, 1.807) is 31.0 Å². The molecule has 1 N–H and O–H groups in total. The van der Waals surface area contributed by atoms with Gasteiger partial charge in [-0.25, -0.2) is 0 Å². The molecular weight excluding hydrogens is 312 g/mol. The Hall–Kier alpha value is -2.97. The number of likely N-dealkylation sites (N-methyl/N-ethyl adjacent to an activating group) is 1. The summed E-state index contributed by atoms with van der Waals surface area (Å²) < 4.78 is 1.85. The molecule has 0 spiro atoms. The number of anilines is 1. The van der Waals surface area contributed by atoms with Crippen LogP contribution in [0, 0.1) is 17.0 Å². The van der Waals surface area contributed by atoms with Gasteiger partial charge in [0.2, 0.25) is 5.82 Å². The fourth-order valence-electron chi connectivity index (χ4n) is 2.72. The molecule has 0 atom stereocenters. The van der Waals surface area contributed by atoms with Crippen molar-refractivity contribution < 1.29 is 9.72 Å². The Labute approximate surface area is 138 Å². The third kappa shape index (κ3) is 2.92. The molecule has 126 valence electrons. The molecule has 1 aromatic carbocycles. The monoisotopic (exact) mass is 330 g/mol. The van der Waals surface area contributed by atoms with Crippen LogP contribution in [0.1, 0.15) is 22.0 Å². The van der Waals surface area contributed by atoms with Crippen LogP contribution in [0.5, 0.6) is 0 Å². The van der Waals surface area contributed by atoms with E-state index in [1.165, 1.54) is 6.07 Å². The Balaban J connectivity index is 1.64. The van der Waals surface area contributed by atoms with Crippen LogP contribution in [-0.4, -0.2) is 50.6 Å². The molecule has 0 fully saturated rings. The van der Waals surface area contributed by atoms with E-state index in [2.05, 4.69) is 15.5 Å². The summed E-state index contributed by atoms with van der Waals surface area (Å²) >= 11 is 0. The molecule has 24 heavy (non-hydrogen) atoms. The number of hydrogen-bond donors (Lipinski definition) is 1. The van der Waals surface area contributed by atoms with Crippen molar-refractivity contribution in [2.45, 2.75) is 19.9 Å². The summed E-state index contributed by atoms with van der Waals surface area (Å²) in [6.07, 6.45) is 0.611. The van der Waals surface area contributed by atoms with Gasteiger partial charge in [0, 0.05) is 50.4 Å². The van der Waals surface area contributed by atoms with Gasteiger partial charge < -0.3 is 14.8 Å². The largest absolute Gasteiger partial charge is 0.385 e. The summed E-state index contributed by atoms with van der Waals surface area (Å²) in [6.45, 7) is 3.64. The molecule has 0 saturated carbocycles. The third-order valence-electron chi connectivity index (χ3n) is 4.10. The smallest absolute Gasteiger partial charge is 0.291 e. The summed E-state index contributed by atoms with van der Waals surface area (Å²) in [5.41, 5.74) is 1.53. The number of nitrogens with zero attached hydrogens (tertiary/aromatic N) is 5. The van der Waals surface area contributed by atoms with Gasteiger partial charge in [0.05, 0.1) is 4.92 Å². The highest BCUT2D eigenvalue weighted by Gasteiger charge is 2.26. The molecule has 2 heterocycles. The van der Waals surface area contributed by atoms with Crippen molar-refractivity contribution in [2.75, 3.05) is 25.5 Å². The summed E-state index contributed by atoms with van der Waals surface area (Å²) in [5.74, 6) is 1.03. The lowest BCUT2D eigenvalue weighted by Gasteiger charge is -2.23. The number of benzene rings is 1. The highest BCUT2D eigenvalue weighted by atomic mass is 16.6. The molecule has 0 radical (unpaired) electrons. The number of carbonyl (C=O) groups is 1. The molecule has 1 aliphatic heterocycles. The topological polar surface area (TPSA) is 106 Å². The van der Waals surface area contributed by atoms with Gasteiger partial charge in [0.15, 0.2) is 0 Å². The summed E-state index contributed by atoms with van der Waals surface area (Å²) in [6, 6.07) is 4.92. The highest BCUT2D eigenvalue weighted by molar-refractivity contribution is 5.91. The first kappa shape index (κ1) is 15.9. The van der Waals surface area contributed by atoms with E-state index in [-0.39, 0.29) is 11.6 Å². The molecule has 9 heteroatoms. The van der Waals surface area contributed by atoms with Crippen LogP contribution >= 0.6 is 0 Å². The van der Waals surface area contributed by atoms with Gasteiger partial charge in [0.1, 0.15) is 5.82 Å². The summed E-state index contributed by atoms with van der Waals surface area (Å²) in [4.78, 5) is 24.0. The van der Waals surface area contributed by atoms with Crippen molar-refractivity contribution in [3.63, 3.8) is 0 Å². The molecule has 0 aliphatic carbocycles. The SMILES string of the molecule is Cc1cc(NCCc2nnc3n2CCN(C)C3=O)ccc1[N+](=O)[O-]. The zero-order valence-corrected chi connectivity index (χ0v) is 13.5. The van der Waals surface area contributed by atoms with Crippen LogP contribution in [0.3, 0.4) is 0 Å². The van der Waals surface area contributed by atoms with Crippen molar-refractivity contribution in [1.29, 1.82) is 0 Å². The maximum Gasteiger partial charge on any atom is 0.291 e. The van der Waals surface area contributed by atoms with E-state index in [4.69, 9.17) is 0 Å². The van der Waals surface area contributed by atoms with Crippen molar-refractivity contribution in [3.8, 4) is 0 Å². The van der Waals surface area contributed by atoms with E-state index >= 15 is 0 Å². The number of nitro benzene ring substituents is 1. The van der Waals surface area contributed by atoms with Gasteiger partial charge in [-0.15, -0.1) is 10.2 Å². The standard InChI is InChI=1S/C15H18N6O3/c1-10-9-11(3-4-12(10)21(23)24)16-6-5-13-17-18-14-15(22)19(2)7-8-20(13)14/h3-4,9,16H,5-8H2,1-2H3. The van der Waals surface area contributed by atoms with E-state index in [9.17, 15) is 14.9 Å². The molecule has 9 nitrogen and oxygen atoms in total. The fourth-order valence-corrected chi connectivity index (χ4v) is 2.72. The average molecular weight is 330 g/mol. The van der Waals surface area contributed by atoms with Crippen molar-refractivity contribution >= 4 is 17.3 Å². The first-order valence-electron chi connectivity index (χ1n) is 7.64. The molecule has 0 bridgehead atoms. The highest BCUT2D eigenvalue weighted by Crippen LogP contribution is 2.21. The second-order valence-corrected chi connectivity index (χ2v) is 5.75. The maximum absolute atomic E-state index is 12.0. The molecule has 1 aliphatic rings. The Bertz CT molecular complexity index is 801. The average Bonchev–Trinajstić information content (AvgIpc) is 2.94. The molecule has 1 aromatic heterocycles. The lowest BCUT2D eigenvalue weighted by Crippen LogP contribution is -2.38. The number of amides is 1. The predicted octanol–water partition coefficient (Wildman–Crippen LogP) is 1.23. The fraction of sp³-hybridized carbons (Fsp3) is 0.400. The quantitative estimate of drug-likeness (QED) is 0.653. The molecule has 2 aromatic rings. The lowest BCUT2D eigenvalue weighted by atomic mass is 10.2. The van der Waals surface area contributed by atoms with Crippen LogP contribution in [0.15, 0.2) is 18.2 Å². The first-order chi connectivity index (χ1) is 11.5. The van der Waals surface area contributed by atoms with Crippen LogP contribution in [0.4, 0.5) is 11.4 Å². The Morgan fingerprint density at radius 2 is 2.12 bits per heavy atom. The number of aryl methyl sites for hydroxylation is 1. The summed E-state index contributed by atoms with van der Waals surface area (Å²) in [7, 11) is 1.75. The van der Waals surface area contributed by atoms with Crippen LogP contribution in [0.25, 0.3) is 0 Å². The van der Waals surface area contributed by atoms with Crippen LogP contribution in [0.2, 0.25) is 0 Å². The van der Waals surface area contributed by atoms with Crippen molar-refractivity contribution in [2.24, 2.45) is 0 Å². The zero-order valence-electron chi connectivity index (χ0n) is 13.5. The molecule has 1 amide bonds. The molecule has 0 saturated heterocycles. The number of nitrogens with one attached hydrogen (secondary N) is 1. The normalized spacial score (nSPS) is 13.8. The van der Waals surface area contributed by atoms with Gasteiger partial charge >= 0.3 is 0 Å². The molecular formula is C15H18N6O3. The van der Waals surface area contributed by atoms with Gasteiger partial charge in [-0.3, -0.25) is 14.9 Å². The lowest BCUT2D eigenvalue weighted by molar-refractivity contribution is -0.385. The van der Waals surface area contributed by atoms with Crippen molar-refractivity contribution in [1.82, 2.24) is 19.7 Å². The number of nitro groups is 1. The zero-order chi connectivity index (χ0) is 17.3. The van der Waals surface area contributed by atoms with E-state index < -0.39 is 4.92 Å². The predicted molar refractivity (Wildman–Crippen MR) is 87.0 cm³/mol. The summed E-state index contributed by atoms with van der Waals surface area (Å²) in [5, 5.41) is 22.1. The minimum absolute atomic E-state index is 0.106. The Kier molecular flexibility index (Phi) is 4.15. The van der Waals surface area contributed by atoms with Gasteiger partial charge in [0.25, 0.3) is 11.6 Å². The van der Waals surface area contributed by atoms with Gasteiger partial charge in [-0.1, -0.05) is 0 Å². The number of fused-ring (bicyclic) bond motifs is 1. The second-order valence-electron chi connectivity index (χ2n) is 5.75. The van der Waals surface area contributed by atoms with E-state index in [0.717, 1.165) is 11.5 Å². The van der Waals surface area contributed by atoms with Crippen molar-refractivity contribution in [3.05, 3.63) is 45.5 Å².